The summed E-state index contributed by atoms with van der Waals surface area (Å²) in [7, 11) is 0. The van der Waals surface area contributed by atoms with Crippen LogP contribution in [-0.2, 0) is 0 Å². The Morgan fingerprint density at radius 2 is 1.67 bits per heavy atom. The zero-order chi connectivity index (χ0) is 19.4. The van der Waals surface area contributed by atoms with E-state index in [1.807, 2.05) is 25.1 Å². The van der Waals surface area contributed by atoms with Gasteiger partial charge in [-0.3, -0.25) is 9.59 Å². The summed E-state index contributed by atoms with van der Waals surface area (Å²) in [6.07, 6.45) is 0. The molecule has 0 bridgehead atoms. The molecular weight excluding hydrogens is 344 g/mol. The lowest BCUT2D eigenvalue weighted by Crippen LogP contribution is -2.35. The van der Waals surface area contributed by atoms with Crippen molar-refractivity contribution in [2.45, 2.75) is 6.92 Å². The Morgan fingerprint density at radius 1 is 1.00 bits per heavy atom. The average Bonchev–Trinajstić information content (AvgIpc) is 2.68. The highest BCUT2D eigenvalue weighted by atomic mass is 16.3. The number of hydrogen-bond acceptors (Lipinski definition) is 4. The monoisotopic (exact) mass is 366 g/mol. The number of fused-ring (bicyclic) bond motifs is 1. The second-order valence-corrected chi connectivity index (χ2v) is 6.37. The van der Waals surface area contributed by atoms with E-state index in [9.17, 15) is 9.59 Å². The quantitative estimate of drug-likeness (QED) is 0.621. The molecule has 0 unspecified atom stereocenters. The second-order valence-electron chi connectivity index (χ2n) is 6.37. The summed E-state index contributed by atoms with van der Waals surface area (Å²) < 4.78 is 0. The summed E-state index contributed by atoms with van der Waals surface area (Å²) in [5.41, 5.74) is 2.81. The number of aromatic nitrogens is 1. The molecule has 0 aliphatic rings. The molecule has 6 heteroatoms. The number of benzene rings is 2. The Hall–Kier alpha value is -2.96. The van der Waals surface area contributed by atoms with Crippen LogP contribution in [0.15, 0.2) is 53.3 Å². The van der Waals surface area contributed by atoms with Crippen LogP contribution >= 0.6 is 0 Å². The highest BCUT2D eigenvalue weighted by molar-refractivity contribution is 5.95. The van der Waals surface area contributed by atoms with Gasteiger partial charge in [0.25, 0.3) is 11.5 Å². The van der Waals surface area contributed by atoms with Gasteiger partial charge in [0.05, 0.1) is 13.2 Å². The molecule has 0 radical (unpaired) electrons. The maximum atomic E-state index is 12.5. The predicted octanol–water partition coefficient (Wildman–Crippen LogP) is 1.93. The normalized spacial score (nSPS) is 10.9. The summed E-state index contributed by atoms with van der Waals surface area (Å²) in [5.74, 6) is -0.257. The highest BCUT2D eigenvalue weighted by Gasteiger charge is 2.15. The Labute approximate surface area is 156 Å². The molecule has 0 atom stereocenters. The predicted molar refractivity (Wildman–Crippen MR) is 105 cm³/mol. The lowest BCUT2D eigenvalue weighted by Gasteiger charge is -2.20. The van der Waals surface area contributed by atoms with E-state index < -0.39 is 0 Å². The smallest absolute Gasteiger partial charge is 0.256 e. The molecule has 27 heavy (non-hydrogen) atoms. The van der Waals surface area contributed by atoms with Gasteiger partial charge in [0.1, 0.15) is 0 Å². The van der Waals surface area contributed by atoms with E-state index in [4.69, 9.17) is 10.2 Å². The average molecular weight is 366 g/mol. The Bertz CT molecular complexity index is 1000. The molecular formula is C21H22N2O4. The fraction of sp³-hybridized carbons (Fsp3) is 0.238. The van der Waals surface area contributed by atoms with Crippen molar-refractivity contribution in [3.05, 3.63) is 70.0 Å². The number of aromatic amines is 1. The third kappa shape index (κ3) is 3.92. The van der Waals surface area contributed by atoms with Crippen molar-refractivity contribution >= 4 is 16.7 Å². The third-order valence-electron chi connectivity index (χ3n) is 4.58. The molecule has 3 N–H and O–H groups in total. The number of aliphatic hydroxyl groups is 2. The van der Waals surface area contributed by atoms with E-state index in [1.165, 1.54) is 4.90 Å². The third-order valence-corrected chi connectivity index (χ3v) is 4.58. The van der Waals surface area contributed by atoms with Crippen LogP contribution < -0.4 is 5.56 Å². The van der Waals surface area contributed by atoms with E-state index in [0.29, 0.717) is 16.6 Å². The molecule has 1 heterocycles. The number of aryl methyl sites for hydroxylation is 1. The van der Waals surface area contributed by atoms with Crippen molar-refractivity contribution in [1.29, 1.82) is 0 Å². The number of pyridine rings is 1. The molecule has 3 rings (SSSR count). The first-order valence-corrected chi connectivity index (χ1v) is 8.79. The highest BCUT2D eigenvalue weighted by Crippen LogP contribution is 2.22. The number of H-pyrrole nitrogens is 1. The lowest BCUT2D eigenvalue weighted by atomic mass is 10.0. The minimum atomic E-state index is -0.257. The first kappa shape index (κ1) is 18.8. The van der Waals surface area contributed by atoms with E-state index in [2.05, 4.69) is 4.98 Å². The van der Waals surface area contributed by atoms with Gasteiger partial charge in [0.15, 0.2) is 0 Å². The van der Waals surface area contributed by atoms with Gasteiger partial charge < -0.3 is 20.1 Å². The zero-order valence-corrected chi connectivity index (χ0v) is 15.1. The summed E-state index contributed by atoms with van der Waals surface area (Å²) in [5, 5.41) is 19.7. The first-order chi connectivity index (χ1) is 13.0. The van der Waals surface area contributed by atoms with Crippen molar-refractivity contribution in [2.24, 2.45) is 0 Å². The lowest BCUT2D eigenvalue weighted by molar-refractivity contribution is 0.0685. The molecule has 0 aliphatic carbocycles. The molecule has 6 nitrogen and oxygen atoms in total. The van der Waals surface area contributed by atoms with Crippen molar-refractivity contribution in [2.75, 3.05) is 26.3 Å². The summed E-state index contributed by atoms with van der Waals surface area (Å²) in [6.45, 7) is 1.96. The number of carbonyl (C=O) groups is 1. The molecule has 0 saturated carbocycles. The zero-order valence-electron chi connectivity index (χ0n) is 15.1. The molecule has 140 valence electrons. The van der Waals surface area contributed by atoms with Gasteiger partial charge in [0.2, 0.25) is 0 Å². The van der Waals surface area contributed by atoms with Crippen molar-refractivity contribution in [3.63, 3.8) is 0 Å². The first-order valence-electron chi connectivity index (χ1n) is 8.79. The number of hydrogen-bond donors (Lipinski definition) is 3. The maximum Gasteiger partial charge on any atom is 0.256 e. The standard InChI is InChI=1S/C21H22N2O4/c1-14-3-2-4-17-18(14)13-19(22-20(17)26)15-5-7-16(8-6-15)21(27)23(9-11-24)10-12-25/h2-8,13,24-25H,9-12H2,1H3,(H,22,26). The van der Waals surface area contributed by atoms with Gasteiger partial charge in [-0.25, -0.2) is 0 Å². The number of amides is 1. The van der Waals surface area contributed by atoms with Gasteiger partial charge >= 0.3 is 0 Å². The minimum absolute atomic E-state index is 0.150. The van der Waals surface area contributed by atoms with Gasteiger partial charge in [-0.2, -0.15) is 0 Å². The molecule has 1 amide bonds. The van der Waals surface area contributed by atoms with Crippen molar-refractivity contribution in [1.82, 2.24) is 9.88 Å². The van der Waals surface area contributed by atoms with E-state index in [1.54, 1.807) is 30.3 Å². The summed E-state index contributed by atoms with van der Waals surface area (Å²) in [6, 6.07) is 14.5. The van der Waals surface area contributed by atoms with Crippen LogP contribution in [0, 0.1) is 6.92 Å². The van der Waals surface area contributed by atoms with Crippen molar-refractivity contribution < 1.29 is 15.0 Å². The number of carbonyl (C=O) groups excluding carboxylic acids is 1. The van der Waals surface area contributed by atoms with Crippen LogP contribution in [0.2, 0.25) is 0 Å². The van der Waals surface area contributed by atoms with Gasteiger partial charge in [0, 0.05) is 29.7 Å². The SMILES string of the molecule is Cc1cccc2c(=O)[nH]c(-c3ccc(C(=O)N(CCO)CCO)cc3)cc12. The molecule has 0 fully saturated rings. The van der Waals surface area contributed by atoms with Crippen LogP contribution in [0.3, 0.4) is 0 Å². The Morgan fingerprint density at radius 3 is 2.30 bits per heavy atom. The molecule has 3 aromatic rings. The van der Waals surface area contributed by atoms with Crippen molar-refractivity contribution in [3.8, 4) is 11.3 Å². The van der Waals surface area contributed by atoms with Crippen LogP contribution in [0.1, 0.15) is 15.9 Å². The van der Waals surface area contributed by atoms with Crippen LogP contribution in [0.5, 0.6) is 0 Å². The van der Waals surface area contributed by atoms with Gasteiger partial charge in [-0.15, -0.1) is 0 Å². The van der Waals surface area contributed by atoms with Gasteiger partial charge in [-0.1, -0.05) is 24.3 Å². The topological polar surface area (TPSA) is 93.6 Å². The summed E-state index contributed by atoms with van der Waals surface area (Å²) >= 11 is 0. The van der Waals surface area contributed by atoms with Crippen LogP contribution in [0.25, 0.3) is 22.0 Å². The number of nitrogens with one attached hydrogen (secondary N) is 1. The molecule has 1 aromatic heterocycles. The van der Waals surface area contributed by atoms with Crippen LogP contribution in [-0.4, -0.2) is 52.3 Å². The number of nitrogens with zero attached hydrogens (tertiary/aromatic N) is 1. The largest absolute Gasteiger partial charge is 0.395 e. The minimum Gasteiger partial charge on any atom is -0.395 e. The fourth-order valence-electron chi connectivity index (χ4n) is 3.13. The maximum absolute atomic E-state index is 12.5. The molecule has 0 saturated heterocycles. The molecule has 0 aliphatic heterocycles. The second kappa shape index (κ2) is 8.16. The van der Waals surface area contributed by atoms with E-state index in [-0.39, 0.29) is 37.8 Å². The number of rotatable bonds is 6. The van der Waals surface area contributed by atoms with E-state index >= 15 is 0 Å². The molecule has 0 spiro atoms. The van der Waals surface area contributed by atoms with Crippen LogP contribution in [0.4, 0.5) is 0 Å². The number of aliphatic hydroxyl groups excluding tert-OH is 2. The Balaban J connectivity index is 1.94. The van der Waals surface area contributed by atoms with Gasteiger partial charge in [-0.05, 0) is 47.7 Å². The van der Waals surface area contributed by atoms with E-state index in [0.717, 1.165) is 16.5 Å². The Kier molecular flexibility index (Phi) is 5.69. The molecule has 2 aromatic carbocycles. The summed E-state index contributed by atoms with van der Waals surface area (Å²) in [4.78, 5) is 29.1. The fourth-order valence-corrected chi connectivity index (χ4v) is 3.13.